The summed E-state index contributed by atoms with van der Waals surface area (Å²) in [4.78, 5) is 16.0. The lowest BCUT2D eigenvalue weighted by molar-refractivity contribution is -0.128. The third-order valence-electron chi connectivity index (χ3n) is 5.69. The van der Waals surface area contributed by atoms with Crippen LogP contribution in [0.25, 0.3) is 10.9 Å². The summed E-state index contributed by atoms with van der Waals surface area (Å²) in [7, 11) is 0. The monoisotopic (exact) mass is 326 g/mol. The first-order chi connectivity index (χ1) is 11.7. The van der Waals surface area contributed by atoms with Crippen LogP contribution in [-0.2, 0) is 21.6 Å². The number of rotatable bonds is 3. The Morgan fingerprint density at radius 2 is 2.08 bits per heavy atom. The van der Waals surface area contributed by atoms with Crippen molar-refractivity contribution in [2.75, 3.05) is 13.2 Å². The number of aromatic amines is 1. The number of hydrogen-bond donors (Lipinski definition) is 2. The molecular formula is C20H26N2O2. The zero-order valence-electron chi connectivity index (χ0n) is 14.4. The van der Waals surface area contributed by atoms with Crippen molar-refractivity contribution >= 4 is 16.8 Å². The van der Waals surface area contributed by atoms with Gasteiger partial charge < -0.3 is 15.0 Å². The molecule has 1 aliphatic heterocycles. The Morgan fingerprint density at radius 1 is 1.29 bits per heavy atom. The van der Waals surface area contributed by atoms with Crippen LogP contribution in [0, 0.1) is 5.92 Å². The molecule has 128 valence electrons. The second-order valence-electron chi connectivity index (χ2n) is 7.41. The number of aromatic nitrogens is 1. The minimum atomic E-state index is -0.475. The Balaban J connectivity index is 1.54. The molecular weight excluding hydrogens is 300 g/mol. The highest BCUT2D eigenvalue weighted by Crippen LogP contribution is 2.36. The van der Waals surface area contributed by atoms with Gasteiger partial charge in [0.05, 0.1) is 18.8 Å². The number of nitrogens with one attached hydrogen (secondary N) is 2. The molecule has 24 heavy (non-hydrogen) atoms. The van der Waals surface area contributed by atoms with Crippen LogP contribution >= 0.6 is 0 Å². The summed E-state index contributed by atoms with van der Waals surface area (Å²) in [6.07, 6.45) is 6.60. The van der Waals surface area contributed by atoms with Crippen LogP contribution in [0.1, 0.15) is 50.3 Å². The lowest BCUT2D eigenvalue weighted by Crippen LogP contribution is -2.45. The first-order valence-corrected chi connectivity index (χ1v) is 9.19. The highest BCUT2D eigenvalue weighted by molar-refractivity contribution is 5.85. The number of amides is 1. The summed E-state index contributed by atoms with van der Waals surface area (Å²) in [6.45, 7) is 3.31. The van der Waals surface area contributed by atoms with E-state index in [-0.39, 0.29) is 11.8 Å². The number of benzene rings is 1. The Hall–Kier alpha value is -1.81. The average Bonchev–Trinajstić information content (AvgIpc) is 3.01. The van der Waals surface area contributed by atoms with Gasteiger partial charge in [-0.25, -0.2) is 0 Å². The van der Waals surface area contributed by atoms with Crippen molar-refractivity contribution in [3.63, 3.8) is 0 Å². The molecule has 4 nitrogen and oxygen atoms in total. The minimum Gasteiger partial charge on any atom is -0.367 e. The van der Waals surface area contributed by atoms with Gasteiger partial charge in [0.25, 0.3) is 0 Å². The van der Waals surface area contributed by atoms with Crippen molar-refractivity contribution in [3.8, 4) is 0 Å². The summed E-state index contributed by atoms with van der Waals surface area (Å²) in [6, 6.07) is 8.40. The number of carbonyl (C=O) groups excluding carboxylic acids is 1. The number of fused-ring (bicyclic) bond motifs is 3. The van der Waals surface area contributed by atoms with Gasteiger partial charge in [-0.2, -0.15) is 0 Å². The first-order valence-electron chi connectivity index (χ1n) is 9.19. The quantitative estimate of drug-likeness (QED) is 0.904. The molecule has 2 N–H and O–H groups in total. The van der Waals surface area contributed by atoms with E-state index >= 15 is 0 Å². The van der Waals surface area contributed by atoms with Gasteiger partial charge in [-0.15, -0.1) is 0 Å². The fourth-order valence-electron chi connectivity index (χ4n) is 4.27. The van der Waals surface area contributed by atoms with E-state index in [4.69, 9.17) is 4.74 Å². The van der Waals surface area contributed by atoms with Crippen LogP contribution in [0.15, 0.2) is 24.3 Å². The van der Waals surface area contributed by atoms with E-state index in [0.29, 0.717) is 13.2 Å². The molecule has 2 aromatic rings. The predicted molar refractivity (Wildman–Crippen MR) is 94.9 cm³/mol. The van der Waals surface area contributed by atoms with E-state index in [9.17, 15) is 4.79 Å². The predicted octanol–water partition coefficient (Wildman–Crippen LogP) is 3.65. The minimum absolute atomic E-state index is 0.188. The molecule has 1 aromatic carbocycles. The molecule has 1 amide bonds. The summed E-state index contributed by atoms with van der Waals surface area (Å²) in [5.74, 6) is 0.385. The van der Waals surface area contributed by atoms with Gasteiger partial charge >= 0.3 is 0 Å². The maximum atomic E-state index is 12.5. The third kappa shape index (κ3) is 2.73. The lowest BCUT2D eigenvalue weighted by atomic mass is 9.88. The molecule has 1 unspecified atom stereocenters. The smallest absolute Gasteiger partial charge is 0.223 e. The second-order valence-corrected chi connectivity index (χ2v) is 7.41. The van der Waals surface area contributed by atoms with E-state index < -0.39 is 5.60 Å². The molecule has 0 radical (unpaired) electrons. The lowest BCUT2D eigenvalue weighted by Gasteiger charge is -2.35. The molecule has 4 heteroatoms. The van der Waals surface area contributed by atoms with E-state index in [1.807, 2.05) is 6.07 Å². The molecule has 1 saturated carbocycles. The topological polar surface area (TPSA) is 54.1 Å². The van der Waals surface area contributed by atoms with Crippen molar-refractivity contribution in [2.45, 2.75) is 51.0 Å². The third-order valence-corrected chi connectivity index (χ3v) is 5.69. The molecule has 0 spiro atoms. The van der Waals surface area contributed by atoms with Crippen molar-refractivity contribution in [1.82, 2.24) is 10.3 Å². The van der Waals surface area contributed by atoms with Gasteiger partial charge in [0.2, 0.25) is 5.91 Å². The van der Waals surface area contributed by atoms with Gasteiger partial charge in [0.15, 0.2) is 0 Å². The highest BCUT2D eigenvalue weighted by Gasteiger charge is 2.36. The average molecular weight is 326 g/mol. The molecule has 1 atom stereocenters. The SMILES string of the molecule is CC1(CNC(=O)C2CCCCC2)OCCc2c1[nH]c1ccccc21. The summed E-state index contributed by atoms with van der Waals surface area (Å²) < 4.78 is 6.11. The van der Waals surface area contributed by atoms with Gasteiger partial charge in [0, 0.05) is 16.8 Å². The Morgan fingerprint density at radius 3 is 2.92 bits per heavy atom. The number of hydrogen-bond acceptors (Lipinski definition) is 2. The van der Waals surface area contributed by atoms with Gasteiger partial charge in [-0.05, 0) is 37.8 Å². The van der Waals surface area contributed by atoms with Gasteiger partial charge in [0.1, 0.15) is 5.60 Å². The fourth-order valence-corrected chi connectivity index (χ4v) is 4.27. The summed E-state index contributed by atoms with van der Waals surface area (Å²) >= 11 is 0. The Kier molecular flexibility index (Phi) is 4.09. The summed E-state index contributed by atoms with van der Waals surface area (Å²) in [5.41, 5.74) is 3.14. The van der Waals surface area contributed by atoms with E-state index in [0.717, 1.165) is 30.5 Å². The Labute approximate surface area is 143 Å². The zero-order valence-corrected chi connectivity index (χ0v) is 14.4. The van der Waals surface area contributed by atoms with Crippen LogP contribution in [0.5, 0.6) is 0 Å². The van der Waals surface area contributed by atoms with Gasteiger partial charge in [-0.3, -0.25) is 4.79 Å². The number of H-pyrrole nitrogens is 1. The van der Waals surface area contributed by atoms with E-state index in [1.54, 1.807) is 0 Å². The van der Waals surface area contributed by atoms with Crippen LogP contribution in [0.3, 0.4) is 0 Å². The molecule has 1 aromatic heterocycles. The molecule has 1 aliphatic carbocycles. The Bertz CT molecular complexity index is 745. The van der Waals surface area contributed by atoms with Gasteiger partial charge in [-0.1, -0.05) is 37.5 Å². The highest BCUT2D eigenvalue weighted by atomic mass is 16.5. The molecule has 0 bridgehead atoms. The van der Waals surface area contributed by atoms with Crippen LogP contribution in [0.4, 0.5) is 0 Å². The summed E-state index contributed by atoms with van der Waals surface area (Å²) in [5, 5.41) is 4.44. The maximum Gasteiger partial charge on any atom is 0.223 e. The van der Waals surface area contributed by atoms with Crippen LogP contribution in [0.2, 0.25) is 0 Å². The van der Waals surface area contributed by atoms with Crippen LogP contribution in [-0.4, -0.2) is 24.0 Å². The zero-order chi connectivity index (χ0) is 16.6. The van der Waals surface area contributed by atoms with Crippen molar-refractivity contribution < 1.29 is 9.53 Å². The van der Waals surface area contributed by atoms with E-state index in [2.05, 4.69) is 35.4 Å². The van der Waals surface area contributed by atoms with Crippen molar-refractivity contribution in [3.05, 3.63) is 35.5 Å². The standard InChI is InChI=1S/C20H26N2O2/c1-20(13-21-19(23)14-7-3-2-4-8-14)18-16(11-12-24-20)15-9-5-6-10-17(15)22-18/h5-6,9-10,14,22H,2-4,7-8,11-13H2,1H3,(H,21,23). The second kappa shape index (κ2) is 6.25. The van der Waals surface area contributed by atoms with Crippen LogP contribution < -0.4 is 5.32 Å². The first kappa shape index (κ1) is 15.7. The maximum absolute atomic E-state index is 12.5. The van der Waals surface area contributed by atoms with E-state index in [1.165, 1.54) is 30.2 Å². The number of ether oxygens (including phenoxy) is 1. The number of para-hydroxylation sites is 1. The molecule has 2 heterocycles. The molecule has 0 saturated heterocycles. The van der Waals surface area contributed by atoms with Crippen molar-refractivity contribution in [1.29, 1.82) is 0 Å². The normalized spacial score (nSPS) is 24.7. The van der Waals surface area contributed by atoms with Crippen molar-refractivity contribution in [2.24, 2.45) is 5.92 Å². The largest absolute Gasteiger partial charge is 0.367 e. The molecule has 2 aliphatic rings. The fraction of sp³-hybridized carbons (Fsp3) is 0.550. The number of carbonyl (C=O) groups is 1. The molecule has 1 fully saturated rings. The molecule has 4 rings (SSSR count).